The van der Waals surface area contributed by atoms with Crippen molar-refractivity contribution in [1.29, 1.82) is 0 Å². The second kappa shape index (κ2) is 15.4. The molecule has 0 atom stereocenters. The summed E-state index contributed by atoms with van der Waals surface area (Å²) < 4.78 is 54.1. The first-order chi connectivity index (χ1) is 22.4. The van der Waals surface area contributed by atoms with Crippen molar-refractivity contribution in [3.8, 4) is 34.7 Å². The maximum atomic E-state index is 12.8. The van der Waals surface area contributed by atoms with Gasteiger partial charge in [0, 0.05) is 12.0 Å². The van der Waals surface area contributed by atoms with E-state index in [0.717, 1.165) is 16.8 Å². The van der Waals surface area contributed by atoms with Gasteiger partial charge in [-0.05, 0) is 68.8 Å². The Kier molecular flexibility index (Phi) is 10.9. The third kappa shape index (κ3) is 8.25. The van der Waals surface area contributed by atoms with E-state index >= 15 is 0 Å². The molecule has 0 N–H and O–H groups in total. The number of benzene rings is 2. The molecule has 0 aliphatic heterocycles. The van der Waals surface area contributed by atoms with Crippen LogP contribution in [0, 0.1) is 6.92 Å². The minimum atomic E-state index is -3.31. The molecule has 3 aromatic heterocycles. The molecule has 0 radical (unpaired) electrons. The van der Waals surface area contributed by atoms with Gasteiger partial charge in [-0.2, -0.15) is 0 Å². The van der Waals surface area contributed by atoms with Crippen LogP contribution in [0.1, 0.15) is 36.4 Å². The van der Waals surface area contributed by atoms with Crippen molar-refractivity contribution >= 4 is 13.7 Å². The lowest BCUT2D eigenvalue weighted by molar-refractivity contribution is 0.229. The van der Waals surface area contributed by atoms with Gasteiger partial charge in [-0.15, -0.1) is 5.10 Å². The Hall–Kier alpha value is -4.83. The molecule has 2 aromatic carbocycles. The van der Waals surface area contributed by atoms with Crippen molar-refractivity contribution in [3.63, 3.8) is 0 Å². The number of rotatable bonds is 16. The van der Waals surface area contributed by atoms with Crippen molar-refractivity contribution in [3.05, 3.63) is 114 Å². The summed E-state index contributed by atoms with van der Waals surface area (Å²) in [7, 11) is -1.73. The van der Waals surface area contributed by atoms with Crippen LogP contribution < -0.4 is 14.2 Å². The second-order valence-corrected chi connectivity index (χ2v) is 11.7. The standard InChI is InChI=1S/C34H36N3O8P/c1-5-43-46(38,44-6-2)20-11-10-13-27-22-37(28-14-8-7-9-15-28)36-33(27)42-23-26-17-18-30(32(21-26)39-4)41-24-29-25(3)45-34(35-29)31-16-12-19-40-31/h7-22H,5-6,23-24H2,1-4H3/b13-10+,20-11+. The fraction of sp³-hybridized carbons (Fsp3) is 0.235. The van der Waals surface area contributed by atoms with Crippen molar-refractivity contribution in [2.24, 2.45) is 0 Å². The minimum Gasteiger partial charge on any atom is -0.493 e. The molecule has 5 rings (SSSR count). The molecule has 0 bridgehead atoms. The fourth-order valence-corrected chi connectivity index (χ4v) is 5.67. The highest BCUT2D eigenvalue weighted by molar-refractivity contribution is 7.57. The molecule has 0 aliphatic carbocycles. The van der Waals surface area contributed by atoms with E-state index < -0.39 is 7.60 Å². The summed E-state index contributed by atoms with van der Waals surface area (Å²) in [5.74, 6) is 4.54. The van der Waals surface area contributed by atoms with Crippen LogP contribution in [0.15, 0.2) is 99.9 Å². The highest BCUT2D eigenvalue weighted by Gasteiger charge is 2.19. The largest absolute Gasteiger partial charge is 0.493 e. The van der Waals surface area contributed by atoms with E-state index in [1.54, 1.807) is 56.2 Å². The Morgan fingerprint density at radius 3 is 2.46 bits per heavy atom. The van der Waals surface area contributed by atoms with Crippen LogP contribution in [0.4, 0.5) is 0 Å². The average Bonchev–Trinajstić information content (AvgIpc) is 3.83. The minimum absolute atomic E-state index is 0.188. The highest BCUT2D eigenvalue weighted by atomic mass is 31.2. The van der Waals surface area contributed by atoms with Crippen molar-refractivity contribution in [2.45, 2.75) is 34.0 Å². The first-order valence-corrected chi connectivity index (χ1v) is 16.3. The molecular formula is C34H36N3O8P. The Morgan fingerprint density at radius 2 is 1.74 bits per heavy atom. The summed E-state index contributed by atoms with van der Waals surface area (Å²) in [4.78, 5) is 4.50. The molecule has 5 aromatic rings. The number of ether oxygens (including phenoxy) is 3. The second-order valence-electron chi connectivity index (χ2n) is 9.81. The van der Waals surface area contributed by atoms with E-state index in [1.807, 2.05) is 67.7 Å². The molecule has 0 unspecified atom stereocenters. The predicted molar refractivity (Wildman–Crippen MR) is 173 cm³/mol. The lowest BCUT2D eigenvalue weighted by atomic mass is 10.2. The Morgan fingerprint density at radius 1 is 0.935 bits per heavy atom. The van der Waals surface area contributed by atoms with E-state index in [0.29, 0.717) is 40.5 Å². The van der Waals surface area contributed by atoms with Gasteiger partial charge >= 0.3 is 7.60 Å². The van der Waals surface area contributed by atoms with Crippen LogP contribution in [-0.4, -0.2) is 35.1 Å². The molecule has 0 aliphatic rings. The van der Waals surface area contributed by atoms with E-state index in [2.05, 4.69) is 10.1 Å². The van der Waals surface area contributed by atoms with Gasteiger partial charge in [0.25, 0.3) is 5.89 Å². The highest BCUT2D eigenvalue weighted by Crippen LogP contribution is 2.49. The first kappa shape index (κ1) is 32.6. The molecule has 0 saturated heterocycles. The molecule has 0 saturated carbocycles. The SMILES string of the molecule is CCOP(=O)(/C=C/C=C/c1cn(-c2ccccc2)nc1OCc1ccc(OCc2nc(-c3ccco3)oc2C)c(OC)c1)OCC. The van der Waals surface area contributed by atoms with Crippen LogP contribution in [0.3, 0.4) is 0 Å². The van der Waals surface area contributed by atoms with Gasteiger partial charge in [0.2, 0.25) is 5.88 Å². The molecule has 0 spiro atoms. The van der Waals surface area contributed by atoms with Crippen molar-refractivity contribution in [2.75, 3.05) is 20.3 Å². The number of para-hydroxylation sites is 1. The lowest BCUT2D eigenvalue weighted by Gasteiger charge is -2.12. The quantitative estimate of drug-likeness (QED) is 0.0764. The van der Waals surface area contributed by atoms with Gasteiger partial charge in [0.05, 0.1) is 37.8 Å². The number of furan rings is 1. The third-order valence-corrected chi connectivity index (χ3v) is 8.37. The van der Waals surface area contributed by atoms with Gasteiger partial charge in [-0.1, -0.05) is 36.4 Å². The molecular weight excluding hydrogens is 609 g/mol. The summed E-state index contributed by atoms with van der Waals surface area (Å²) in [6, 6.07) is 18.9. The predicted octanol–water partition coefficient (Wildman–Crippen LogP) is 8.39. The third-order valence-electron chi connectivity index (χ3n) is 6.59. The number of nitrogens with zero attached hydrogens (tertiary/aromatic N) is 3. The van der Waals surface area contributed by atoms with E-state index in [9.17, 15) is 4.57 Å². The first-order valence-electron chi connectivity index (χ1n) is 14.7. The summed E-state index contributed by atoms with van der Waals surface area (Å²) >= 11 is 0. The van der Waals surface area contributed by atoms with Gasteiger partial charge < -0.3 is 32.1 Å². The normalized spacial score (nSPS) is 11.9. The van der Waals surface area contributed by atoms with Gasteiger partial charge in [0.1, 0.15) is 24.7 Å². The fourth-order valence-electron chi connectivity index (χ4n) is 4.39. The topological polar surface area (TPSA) is 120 Å². The number of allylic oxidation sites excluding steroid dienone is 2. The van der Waals surface area contributed by atoms with E-state index in [1.165, 1.54) is 5.82 Å². The van der Waals surface area contributed by atoms with Crippen LogP contribution in [0.25, 0.3) is 23.4 Å². The lowest BCUT2D eigenvalue weighted by Crippen LogP contribution is -2.02. The molecule has 0 amide bonds. The molecule has 240 valence electrons. The maximum absolute atomic E-state index is 12.8. The number of hydrogen-bond acceptors (Lipinski definition) is 10. The number of oxazole rings is 1. The summed E-state index contributed by atoms with van der Waals surface area (Å²) in [5.41, 5.74) is 3.10. The molecule has 46 heavy (non-hydrogen) atoms. The monoisotopic (exact) mass is 645 g/mol. The number of hydrogen-bond donors (Lipinski definition) is 0. The van der Waals surface area contributed by atoms with E-state index in [-0.39, 0.29) is 26.4 Å². The van der Waals surface area contributed by atoms with Crippen LogP contribution >= 0.6 is 7.60 Å². The van der Waals surface area contributed by atoms with Crippen LogP contribution in [-0.2, 0) is 26.8 Å². The van der Waals surface area contributed by atoms with E-state index in [4.69, 9.17) is 32.1 Å². The number of aromatic nitrogens is 3. The Balaban J connectivity index is 1.29. The van der Waals surface area contributed by atoms with Crippen molar-refractivity contribution < 1.29 is 36.7 Å². The summed E-state index contributed by atoms with van der Waals surface area (Å²) in [6.45, 7) is 6.33. The van der Waals surface area contributed by atoms with Crippen molar-refractivity contribution in [1.82, 2.24) is 14.8 Å². The zero-order chi connectivity index (χ0) is 32.4. The molecule has 0 fully saturated rings. The number of methoxy groups -OCH3 is 1. The van der Waals surface area contributed by atoms with Gasteiger partial charge in [0.15, 0.2) is 17.3 Å². The number of aryl methyl sites for hydroxylation is 1. The molecule has 11 nitrogen and oxygen atoms in total. The summed E-state index contributed by atoms with van der Waals surface area (Å²) in [6.07, 6.45) is 8.63. The van der Waals surface area contributed by atoms with Crippen LogP contribution in [0.2, 0.25) is 0 Å². The molecule has 3 heterocycles. The zero-order valence-electron chi connectivity index (χ0n) is 26.1. The van der Waals surface area contributed by atoms with Gasteiger partial charge in [-0.3, -0.25) is 4.57 Å². The zero-order valence-corrected chi connectivity index (χ0v) is 27.0. The Bertz CT molecular complexity index is 1800. The summed E-state index contributed by atoms with van der Waals surface area (Å²) in [5, 5.41) is 4.67. The van der Waals surface area contributed by atoms with Crippen LogP contribution in [0.5, 0.6) is 17.4 Å². The maximum Gasteiger partial charge on any atom is 0.354 e. The smallest absolute Gasteiger partial charge is 0.354 e. The molecule has 12 heteroatoms. The average molecular weight is 646 g/mol. The Labute approximate surface area is 267 Å². The van der Waals surface area contributed by atoms with Gasteiger partial charge in [-0.25, -0.2) is 9.67 Å².